The van der Waals surface area contributed by atoms with Gasteiger partial charge in [0.15, 0.2) is 0 Å². The number of hydrogen-bond donors (Lipinski definition) is 2. The zero-order chi connectivity index (χ0) is 19.0. The SMILES string of the molecule is CCN(CC)C(CNC(=O)C1(OC)CCNCC1)c1cccc(OC)c1.Cl.Cl. The molecule has 8 heteroatoms. The molecular weight excluding hydrogens is 401 g/mol. The lowest BCUT2D eigenvalue weighted by atomic mass is 9.91. The Morgan fingerprint density at radius 1 is 1.21 bits per heavy atom. The first kappa shape index (κ1) is 27.0. The Balaban J connectivity index is 0.00000364. The summed E-state index contributed by atoms with van der Waals surface area (Å²) in [4.78, 5) is 15.2. The van der Waals surface area contributed by atoms with Crippen LogP contribution in [-0.4, -0.2) is 63.4 Å². The van der Waals surface area contributed by atoms with Gasteiger partial charge in [-0.25, -0.2) is 0 Å². The van der Waals surface area contributed by atoms with Crippen molar-refractivity contribution in [2.75, 3.05) is 46.9 Å². The van der Waals surface area contributed by atoms with Crippen LogP contribution < -0.4 is 15.4 Å². The predicted molar refractivity (Wildman–Crippen MR) is 118 cm³/mol. The molecule has 6 nitrogen and oxygen atoms in total. The van der Waals surface area contributed by atoms with Gasteiger partial charge in [0.2, 0.25) is 0 Å². The topological polar surface area (TPSA) is 62.8 Å². The molecule has 1 aliphatic rings. The number of ether oxygens (including phenoxy) is 2. The molecule has 0 radical (unpaired) electrons. The van der Waals surface area contributed by atoms with Gasteiger partial charge < -0.3 is 20.1 Å². The monoisotopic (exact) mass is 435 g/mol. The van der Waals surface area contributed by atoms with Crippen LogP contribution in [0.15, 0.2) is 24.3 Å². The van der Waals surface area contributed by atoms with Crippen molar-refractivity contribution in [2.45, 2.75) is 38.3 Å². The van der Waals surface area contributed by atoms with Gasteiger partial charge >= 0.3 is 0 Å². The summed E-state index contributed by atoms with van der Waals surface area (Å²) in [5.41, 5.74) is 0.429. The highest BCUT2D eigenvalue weighted by molar-refractivity contribution is 5.86. The largest absolute Gasteiger partial charge is 0.497 e. The van der Waals surface area contributed by atoms with Crippen molar-refractivity contribution < 1.29 is 14.3 Å². The molecule has 162 valence electrons. The Morgan fingerprint density at radius 2 is 1.86 bits per heavy atom. The smallest absolute Gasteiger partial charge is 0.252 e. The molecule has 0 aromatic heterocycles. The van der Waals surface area contributed by atoms with Crippen molar-refractivity contribution in [2.24, 2.45) is 0 Å². The summed E-state index contributed by atoms with van der Waals surface area (Å²) >= 11 is 0. The lowest BCUT2D eigenvalue weighted by Gasteiger charge is -2.36. The van der Waals surface area contributed by atoms with E-state index in [4.69, 9.17) is 9.47 Å². The minimum Gasteiger partial charge on any atom is -0.497 e. The summed E-state index contributed by atoms with van der Waals surface area (Å²) in [5.74, 6) is 0.819. The Labute approximate surface area is 181 Å². The van der Waals surface area contributed by atoms with Crippen LogP contribution in [0.3, 0.4) is 0 Å². The first-order chi connectivity index (χ1) is 12.6. The van der Waals surface area contributed by atoms with E-state index in [1.165, 1.54) is 0 Å². The molecule has 2 rings (SSSR count). The van der Waals surface area contributed by atoms with E-state index in [1.807, 2.05) is 18.2 Å². The number of benzene rings is 1. The van der Waals surface area contributed by atoms with Crippen molar-refractivity contribution in [3.8, 4) is 5.75 Å². The molecule has 1 atom stereocenters. The molecule has 0 aliphatic carbocycles. The Morgan fingerprint density at radius 3 is 2.39 bits per heavy atom. The van der Waals surface area contributed by atoms with Crippen molar-refractivity contribution in [1.29, 1.82) is 0 Å². The molecule has 1 heterocycles. The molecule has 1 unspecified atom stereocenters. The third kappa shape index (κ3) is 6.49. The van der Waals surface area contributed by atoms with Gasteiger partial charge in [0.05, 0.1) is 13.2 Å². The molecule has 1 saturated heterocycles. The fourth-order valence-electron chi connectivity index (χ4n) is 3.68. The number of methoxy groups -OCH3 is 2. The first-order valence-corrected chi connectivity index (χ1v) is 9.52. The molecule has 1 aromatic carbocycles. The number of nitrogens with one attached hydrogen (secondary N) is 2. The highest BCUT2D eigenvalue weighted by Gasteiger charge is 2.39. The predicted octanol–water partition coefficient (Wildman–Crippen LogP) is 2.81. The number of rotatable bonds is 9. The van der Waals surface area contributed by atoms with E-state index in [2.05, 4.69) is 35.4 Å². The maximum atomic E-state index is 12.9. The van der Waals surface area contributed by atoms with Crippen LogP contribution in [0.1, 0.15) is 38.3 Å². The number of hydrogen-bond acceptors (Lipinski definition) is 5. The number of halogens is 2. The van der Waals surface area contributed by atoms with E-state index in [1.54, 1.807) is 14.2 Å². The van der Waals surface area contributed by atoms with Crippen LogP contribution in [0.5, 0.6) is 5.75 Å². The van der Waals surface area contributed by atoms with Gasteiger partial charge in [0.25, 0.3) is 5.91 Å². The van der Waals surface area contributed by atoms with Crippen molar-refractivity contribution >= 4 is 30.7 Å². The molecular formula is C20H35Cl2N3O3. The molecule has 2 N–H and O–H groups in total. The number of carbonyl (C=O) groups excluding carboxylic acids is 1. The lowest BCUT2D eigenvalue weighted by Crippen LogP contribution is -2.55. The van der Waals surface area contributed by atoms with Crippen LogP contribution in [0.2, 0.25) is 0 Å². The molecule has 1 aliphatic heterocycles. The quantitative estimate of drug-likeness (QED) is 0.624. The van der Waals surface area contributed by atoms with Gasteiger partial charge in [0, 0.05) is 13.7 Å². The fraction of sp³-hybridized carbons (Fsp3) is 0.650. The Hall–Kier alpha value is -1.05. The molecule has 0 saturated carbocycles. The highest BCUT2D eigenvalue weighted by atomic mass is 35.5. The molecule has 0 bridgehead atoms. The summed E-state index contributed by atoms with van der Waals surface area (Å²) in [6.07, 6.45) is 1.40. The third-order valence-corrected chi connectivity index (χ3v) is 5.40. The van der Waals surface area contributed by atoms with Gasteiger partial charge in [-0.2, -0.15) is 0 Å². The average molecular weight is 436 g/mol. The van der Waals surface area contributed by atoms with Gasteiger partial charge in [-0.1, -0.05) is 26.0 Å². The van der Waals surface area contributed by atoms with Crippen LogP contribution in [0, 0.1) is 0 Å². The van der Waals surface area contributed by atoms with E-state index in [0.717, 1.165) is 37.5 Å². The molecule has 1 fully saturated rings. The van der Waals surface area contributed by atoms with Crippen molar-refractivity contribution in [3.63, 3.8) is 0 Å². The minimum atomic E-state index is -0.715. The number of nitrogens with zero attached hydrogens (tertiary/aromatic N) is 1. The van der Waals surface area contributed by atoms with Crippen molar-refractivity contribution in [3.05, 3.63) is 29.8 Å². The number of piperidine rings is 1. The number of amides is 1. The second-order valence-electron chi connectivity index (χ2n) is 6.67. The van der Waals surface area contributed by atoms with Crippen LogP contribution in [0.4, 0.5) is 0 Å². The zero-order valence-corrected chi connectivity index (χ0v) is 19.0. The van der Waals surface area contributed by atoms with Crippen LogP contribution in [-0.2, 0) is 9.53 Å². The summed E-state index contributed by atoms with van der Waals surface area (Å²) < 4.78 is 11.0. The molecule has 0 spiro atoms. The molecule has 28 heavy (non-hydrogen) atoms. The zero-order valence-electron chi connectivity index (χ0n) is 17.3. The van der Waals surface area contributed by atoms with Gasteiger partial charge in [0.1, 0.15) is 11.4 Å². The Bertz CT molecular complexity index is 580. The minimum absolute atomic E-state index is 0. The summed E-state index contributed by atoms with van der Waals surface area (Å²) in [5, 5.41) is 6.44. The standard InChI is InChI=1S/C20H33N3O3.2ClH/c1-5-23(6-2)18(16-8-7-9-17(14-16)25-3)15-22-19(24)20(26-4)10-12-21-13-11-20;;/h7-9,14,18,21H,5-6,10-13,15H2,1-4H3,(H,22,24);2*1H. The lowest BCUT2D eigenvalue weighted by molar-refractivity contribution is -0.147. The van der Waals surface area contributed by atoms with Gasteiger partial charge in [-0.15, -0.1) is 24.8 Å². The summed E-state index contributed by atoms with van der Waals surface area (Å²) in [7, 11) is 3.31. The molecule has 1 aromatic rings. The van der Waals surface area contributed by atoms with Crippen LogP contribution in [0.25, 0.3) is 0 Å². The van der Waals surface area contributed by atoms with Crippen LogP contribution >= 0.6 is 24.8 Å². The average Bonchev–Trinajstić information content (AvgIpc) is 2.71. The van der Waals surface area contributed by atoms with E-state index in [0.29, 0.717) is 19.4 Å². The molecule has 1 amide bonds. The Kier molecular flexibility index (Phi) is 12.7. The maximum Gasteiger partial charge on any atom is 0.252 e. The van der Waals surface area contributed by atoms with E-state index in [9.17, 15) is 4.79 Å². The highest BCUT2D eigenvalue weighted by Crippen LogP contribution is 2.26. The van der Waals surface area contributed by atoms with E-state index >= 15 is 0 Å². The van der Waals surface area contributed by atoms with E-state index in [-0.39, 0.29) is 36.8 Å². The third-order valence-electron chi connectivity index (χ3n) is 5.40. The van der Waals surface area contributed by atoms with Gasteiger partial charge in [-0.05, 0) is 56.7 Å². The second-order valence-corrected chi connectivity index (χ2v) is 6.67. The van der Waals surface area contributed by atoms with Gasteiger partial charge in [-0.3, -0.25) is 9.69 Å². The number of carbonyl (C=O) groups is 1. The summed E-state index contributed by atoms with van der Waals surface area (Å²) in [6.45, 7) is 8.25. The van der Waals surface area contributed by atoms with Crippen molar-refractivity contribution in [1.82, 2.24) is 15.5 Å². The maximum absolute atomic E-state index is 12.9. The second kappa shape index (κ2) is 13.2. The fourth-order valence-corrected chi connectivity index (χ4v) is 3.68. The number of likely N-dealkylation sites (N-methyl/N-ethyl adjacent to an activating group) is 1. The normalized spacial score (nSPS) is 16.5. The summed E-state index contributed by atoms with van der Waals surface area (Å²) in [6, 6.07) is 8.17. The first-order valence-electron chi connectivity index (χ1n) is 9.52. The van der Waals surface area contributed by atoms with E-state index < -0.39 is 5.60 Å².